The fourth-order valence-corrected chi connectivity index (χ4v) is 2.05. The zero-order valence-electron chi connectivity index (χ0n) is 10.4. The van der Waals surface area contributed by atoms with Gasteiger partial charge in [0.1, 0.15) is 0 Å². The van der Waals surface area contributed by atoms with Gasteiger partial charge < -0.3 is 14.8 Å². The lowest BCUT2D eigenvalue weighted by Gasteiger charge is -2.28. The maximum Gasteiger partial charge on any atom is 0.0810 e. The maximum atomic E-state index is 5.73. The normalized spacial score (nSPS) is 24.8. The predicted octanol–water partition coefficient (Wildman–Crippen LogP) is 1.97. The summed E-state index contributed by atoms with van der Waals surface area (Å²) < 4.78 is 11.4. The van der Waals surface area contributed by atoms with Gasteiger partial charge in [-0.05, 0) is 25.5 Å². The zero-order chi connectivity index (χ0) is 11.9. The van der Waals surface area contributed by atoms with E-state index in [-0.39, 0.29) is 6.10 Å². The number of likely N-dealkylation sites (N-methyl/N-ethyl adjacent to an activating group) is 1. The van der Waals surface area contributed by atoms with E-state index < -0.39 is 0 Å². The minimum absolute atomic E-state index is 0.267. The van der Waals surface area contributed by atoms with E-state index in [1.807, 2.05) is 25.2 Å². The SMILES string of the molecule is CNC1CCC(COCc2ccccc2)OC1. The lowest BCUT2D eigenvalue weighted by Crippen LogP contribution is -2.39. The van der Waals surface area contributed by atoms with Crippen molar-refractivity contribution in [2.75, 3.05) is 20.3 Å². The van der Waals surface area contributed by atoms with Crippen LogP contribution >= 0.6 is 0 Å². The van der Waals surface area contributed by atoms with E-state index in [1.165, 1.54) is 12.0 Å². The van der Waals surface area contributed by atoms with Gasteiger partial charge in [-0.2, -0.15) is 0 Å². The Labute approximate surface area is 103 Å². The van der Waals surface area contributed by atoms with Crippen molar-refractivity contribution in [2.24, 2.45) is 0 Å². The molecule has 0 bridgehead atoms. The minimum atomic E-state index is 0.267. The highest BCUT2D eigenvalue weighted by molar-refractivity contribution is 5.13. The highest BCUT2D eigenvalue weighted by atomic mass is 16.5. The molecule has 1 saturated heterocycles. The quantitative estimate of drug-likeness (QED) is 0.846. The molecule has 2 atom stereocenters. The molecule has 1 heterocycles. The third-order valence-electron chi connectivity index (χ3n) is 3.19. The largest absolute Gasteiger partial charge is 0.374 e. The molecule has 0 spiro atoms. The van der Waals surface area contributed by atoms with E-state index >= 15 is 0 Å². The molecule has 1 aromatic carbocycles. The van der Waals surface area contributed by atoms with Gasteiger partial charge in [0, 0.05) is 6.04 Å². The summed E-state index contributed by atoms with van der Waals surface area (Å²) in [4.78, 5) is 0. The average Bonchev–Trinajstić information content (AvgIpc) is 2.41. The summed E-state index contributed by atoms with van der Waals surface area (Å²) in [5.41, 5.74) is 1.22. The van der Waals surface area contributed by atoms with E-state index in [0.717, 1.165) is 13.0 Å². The second-order valence-electron chi connectivity index (χ2n) is 4.52. The molecule has 17 heavy (non-hydrogen) atoms. The van der Waals surface area contributed by atoms with Crippen molar-refractivity contribution in [3.05, 3.63) is 35.9 Å². The van der Waals surface area contributed by atoms with Gasteiger partial charge in [-0.25, -0.2) is 0 Å². The second kappa shape index (κ2) is 6.74. The lowest BCUT2D eigenvalue weighted by molar-refractivity contribution is -0.0546. The third-order valence-corrected chi connectivity index (χ3v) is 3.19. The summed E-state index contributed by atoms with van der Waals surface area (Å²) in [6.45, 7) is 2.18. The molecule has 0 saturated carbocycles. The Kier molecular flexibility index (Phi) is 4.98. The molecule has 3 heteroatoms. The Balaban J connectivity index is 1.63. The number of ether oxygens (including phenoxy) is 2. The lowest BCUT2D eigenvalue weighted by atomic mass is 10.1. The first-order valence-electron chi connectivity index (χ1n) is 6.29. The molecule has 2 unspecified atom stereocenters. The first kappa shape index (κ1) is 12.6. The van der Waals surface area contributed by atoms with E-state index in [1.54, 1.807) is 0 Å². The van der Waals surface area contributed by atoms with Crippen molar-refractivity contribution in [1.82, 2.24) is 5.32 Å². The van der Waals surface area contributed by atoms with Crippen LogP contribution in [-0.4, -0.2) is 32.4 Å². The molecule has 0 amide bonds. The van der Waals surface area contributed by atoms with Crippen LogP contribution in [0.3, 0.4) is 0 Å². The van der Waals surface area contributed by atoms with E-state index in [0.29, 0.717) is 19.3 Å². The van der Waals surface area contributed by atoms with Crippen molar-refractivity contribution in [2.45, 2.75) is 31.6 Å². The van der Waals surface area contributed by atoms with Crippen LogP contribution in [0.25, 0.3) is 0 Å². The Hall–Kier alpha value is -0.900. The Morgan fingerprint density at radius 3 is 2.76 bits per heavy atom. The van der Waals surface area contributed by atoms with Crippen LogP contribution < -0.4 is 5.32 Å². The molecular weight excluding hydrogens is 214 g/mol. The molecule has 94 valence electrons. The van der Waals surface area contributed by atoms with Gasteiger partial charge in [0.2, 0.25) is 0 Å². The van der Waals surface area contributed by atoms with E-state index in [2.05, 4.69) is 17.4 Å². The summed E-state index contributed by atoms with van der Waals surface area (Å²) in [6, 6.07) is 10.8. The molecule has 1 N–H and O–H groups in total. The molecule has 1 fully saturated rings. The summed E-state index contributed by atoms with van der Waals surface area (Å²) in [7, 11) is 1.99. The van der Waals surface area contributed by atoms with Gasteiger partial charge in [-0.15, -0.1) is 0 Å². The standard InChI is InChI=1S/C14H21NO2/c1-15-13-7-8-14(17-10-13)11-16-9-12-5-3-2-4-6-12/h2-6,13-15H,7-11H2,1H3. The number of benzene rings is 1. The topological polar surface area (TPSA) is 30.5 Å². The van der Waals surface area contributed by atoms with Crippen LogP contribution in [0.2, 0.25) is 0 Å². The average molecular weight is 235 g/mol. The van der Waals surface area contributed by atoms with Gasteiger partial charge in [0.05, 0.1) is 25.9 Å². The monoisotopic (exact) mass is 235 g/mol. The van der Waals surface area contributed by atoms with Gasteiger partial charge >= 0.3 is 0 Å². The molecular formula is C14H21NO2. The smallest absolute Gasteiger partial charge is 0.0810 e. The summed E-state index contributed by atoms with van der Waals surface area (Å²) in [6.07, 6.45) is 2.53. The van der Waals surface area contributed by atoms with E-state index in [4.69, 9.17) is 9.47 Å². The van der Waals surface area contributed by atoms with Crippen LogP contribution in [0.4, 0.5) is 0 Å². The third kappa shape index (κ3) is 4.11. The van der Waals surface area contributed by atoms with Crippen molar-refractivity contribution in [3.8, 4) is 0 Å². The first-order valence-corrected chi connectivity index (χ1v) is 6.29. The van der Waals surface area contributed by atoms with Crippen LogP contribution in [0.15, 0.2) is 30.3 Å². The number of hydrogen-bond donors (Lipinski definition) is 1. The molecule has 0 aliphatic carbocycles. The van der Waals surface area contributed by atoms with Crippen molar-refractivity contribution >= 4 is 0 Å². The Morgan fingerprint density at radius 1 is 1.29 bits per heavy atom. The van der Waals surface area contributed by atoms with Crippen molar-refractivity contribution in [3.63, 3.8) is 0 Å². The number of nitrogens with one attached hydrogen (secondary N) is 1. The van der Waals surface area contributed by atoms with Crippen LogP contribution in [0.5, 0.6) is 0 Å². The minimum Gasteiger partial charge on any atom is -0.374 e. The highest BCUT2D eigenvalue weighted by Crippen LogP contribution is 2.14. The summed E-state index contributed by atoms with van der Waals surface area (Å²) in [5.74, 6) is 0. The number of rotatable bonds is 5. The zero-order valence-corrected chi connectivity index (χ0v) is 10.4. The van der Waals surface area contributed by atoms with Crippen molar-refractivity contribution in [1.29, 1.82) is 0 Å². The Bertz CT molecular complexity index is 307. The molecule has 0 aromatic heterocycles. The summed E-state index contributed by atoms with van der Waals surface area (Å²) in [5, 5.41) is 3.24. The fourth-order valence-electron chi connectivity index (χ4n) is 2.05. The second-order valence-corrected chi connectivity index (χ2v) is 4.52. The highest BCUT2D eigenvalue weighted by Gasteiger charge is 2.20. The van der Waals surface area contributed by atoms with Gasteiger partial charge in [-0.1, -0.05) is 30.3 Å². The predicted molar refractivity (Wildman–Crippen MR) is 67.9 cm³/mol. The molecule has 1 aliphatic heterocycles. The maximum absolute atomic E-state index is 5.73. The molecule has 2 rings (SSSR count). The molecule has 0 radical (unpaired) electrons. The summed E-state index contributed by atoms with van der Waals surface area (Å²) >= 11 is 0. The molecule has 1 aliphatic rings. The van der Waals surface area contributed by atoms with Crippen LogP contribution in [0.1, 0.15) is 18.4 Å². The van der Waals surface area contributed by atoms with Crippen LogP contribution in [0, 0.1) is 0 Å². The first-order chi connectivity index (χ1) is 8.38. The van der Waals surface area contributed by atoms with Crippen LogP contribution in [-0.2, 0) is 16.1 Å². The molecule has 3 nitrogen and oxygen atoms in total. The Morgan fingerprint density at radius 2 is 2.12 bits per heavy atom. The molecule has 1 aromatic rings. The van der Waals surface area contributed by atoms with Gasteiger partial charge in [-0.3, -0.25) is 0 Å². The van der Waals surface area contributed by atoms with Crippen molar-refractivity contribution < 1.29 is 9.47 Å². The van der Waals surface area contributed by atoms with E-state index in [9.17, 15) is 0 Å². The van der Waals surface area contributed by atoms with Gasteiger partial charge in [0.25, 0.3) is 0 Å². The fraction of sp³-hybridized carbons (Fsp3) is 0.571. The number of hydrogen-bond acceptors (Lipinski definition) is 3. The van der Waals surface area contributed by atoms with Gasteiger partial charge in [0.15, 0.2) is 0 Å².